The van der Waals surface area contributed by atoms with E-state index in [0.29, 0.717) is 30.0 Å². The molecular formula is C22H27ClN2O3. The van der Waals surface area contributed by atoms with Crippen LogP contribution in [0.5, 0.6) is 11.5 Å². The van der Waals surface area contributed by atoms with Crippen LogP contribution < -0.4 is 14.8 Å². The molecule has 1 saturated heterocycles. The maximum Gasteiger partial charge on any atom is 0.179 e. The molecule has 4 rings (SSSR count). The lowest BCUT2D eigenvalue weighted by atomic mass is 10.0. The first-order valence-corrected chi connectivity index (χ1v) is 10.3. The third-order valence-corrected chi connectivity index (χ3v) is 5.48. The molecule has 5 nitrogen and oxygen atoms in total. The van der Waals surface area contributed by atoms with Gasteiger partial charge < -0.3 is 19.5 Å². The molecule has 0 amide bonds. The standard InChI is InChI=1S/C22H27ClN2O3/c23-19-13-17(14-21-22(19)28-10-4-9-27-21)15-24-16-20(18-5-2-1-3-6-18)25-7-11-26-12-8-25/h1-3,5-6,13-14,20,24H,4,7-12,15-16H2/t20-/m0/s1. The molecule has 2 aliphatic heterocycles. The Balaban J connectivity index is 1.43. The molecule has 28 heavy (non-hydrogen) atoms. The second kappa shape index (κ2) is 9.61. The fraction of sp³-hybridized carbons (Fsp3) is 0.455. The number of hydrogen-bond acceptors (Lipinski definition) is 5. The Labute approximate surface area is 171 Å². The lowest BCUT2D eigenvalue weighted by Gasteiger charge is -2.35. The highest BCUT2D eigenvalue weighted by atomic mass is 35.5. The van der Waals surface area contributed by atoms with Crippen molar-refractivity contribution < 1.29 is 14.2 Å². The Kier molecular flexibility index (Phi) is 6.70. The van der Waals surface area contributed by atoms with Gasteiger partial charge in [-0.05, 0) is 23.3 Å². The van der Waals surface area contributed by atoms with Crippen molar-refractivity contribution in [3.8, 4) is 11.5 Å². The van der Waals surface area contributed by atoms with Gasteiger partial charge in [-0.3, -0.25) is 4.90 Å². The molecule has 1 N–H and O–H groups in total. The summed E-state index contributed by atoms with van der Waals surface area (Å²) in [6, 6.07) is 15.0. The number of benzene rings is 2. The topological polar surface area (TPSA) is 43.0 Å². The van der Waals surface area contributed by atoms with Crippen LogP contribution in [-0.2, 0) is 11.3 Å². The van der Waals surface area contributed by atoms with Crippen molar-refractivity contribution >= 4 is 11.6 Å². The van der Waals surface area contributed by atoms with Crippen LogP contribution in [0.25, 0.3) is 0 Å². The van der Waals surface area contributed by atoms with Crippen molar-refractivity contribution in [2.24, 2.45) is 0 Å². The van der Waals surface area contributed by atoms with E-state index in [1.165, 1.54) is 5.56 Å². The van der Waals surface area contributed by atoms with Gasteiger partial charge in [-0.2, -0.15) is 0 Å². The molecule has 0 aromatic heterocycles. The Morgan fingerprint density at radius 2 is 1.79 bits per heavy atom. The van der Waals surface area contributed by atoms with E-state index in [2.05, 4.69) is 40.5 Å². The molecule has 1 fully saturated rings. The molecule has 0 spiro atoms. The number of nitrogens with zero attached hydrogens (tertiary/aromatic N) is 1. The zero-order chi connectivity index (χ0) is 19.2. The van der Waals surface area contributed by atoms with E-state index in [1.54, 1.807) is 0 Å². The van der Waals surface area contributed by atoms with Crippen molar-refractivity contribution in [1.82, 2.24) is 10.2 Å². The van der Waals surface area contributed by atoms with Gasteiger partial charge >= 0.3 is 0 Å². The van der Waals surface area contributed by atoms with Crippen LogP contribution in [0.15, 0.2) is 42.5 Å². The molecule has 0 unspecified atom stereocenters. The zero-order valence-corrected chi connectivity index (χ0v) is 16.8. The molecule has 0 bridgehead atoms. The van der Waals surface area contributed by atoms with Gasteiger partial charge in [-0.15, -0.1) is 0 Å². The highest BCUT2D eigenvalue weighted by molar-refractivity contribution is 6.32. The van der Waals surface area contributed by atoms with E-state index in [9.17, 15) is 0 Å². The number of fused-ring (bicyclic) bond motifs is 1. The van der Waals surface area contributed by atoms with E-state index < -0.39 is 0 Å². The van der Waals surface area contributed by atoms with Crippen LogP contribution in [0, 0.1) is 0 Å². The summed E-state index contributed by atoms with van der Waals surface area (Å²) in [6.07, 6.45) is 0.872. The van der Waals surface area contributed by atoms with Gasteiger partial charge in [-0.25, -0.2) is 0 Å². The minimum atomic E-state index is 0.320. The van der Waals surface area contributed by atoms with Crippen molar-refractivity contribution in [2.75, 3.05) is 46.1 Å². The summed E-state index contributed by atoms with van der Waals surface area (Å²) in [6.45, 7) is 6.38. The number of rotatable bonds is 6. The van der Waals surface area contributed by atoms with Crippen LogP contribution in [0.2, 0.25) is 5.02 Å². The number of hydrogen-bond donors (Lipinski definition) is 1. The van der Waals surface area contributed by atoms with Gasteiger partial charge in [0.15, 0.2) is 11.5 Å². The Morgan fingerprint density at radius 1 is 1.00 bits per heavy atom. The molecule has 2 aromatic rings. The summed E-state index contributed by atoms with van der Waals surface area (Å²) < 4.78 is 17.1. The average molecular weight is 403 g/mol. The highest BCUT2D eigenvalue weighted by Gasteiger charge is 2.22. The number of halogens is 1. The van der Waals surface area contributed by atoms with Crippen LogP contribution in [0.4, 0.5) is 0 Å². The molecule has 150 valence electrons. The van der Waals surface area contributed by atoms with Crippen molar-refractivity contribution in [1.29, 1.82) is 0 Å². The molecule has 2 aliphatic rings. The van der Waals surface area contributed by atoms with Gasteiger partial charge in [-0.1, -0.05) is 41.9 Å². The van der Waals surface area contributed by atoms with Crippen LogP contribution >= 0.6 is 11.6 Å². The van der Waals surface area contributed by atoms with Crippen molar-refractivity contribution in [2.45, 2.75) is 19.0 Å². The van der Waals surface area contributed by atoms with E-state index in [-0.39, 0.29) is 0 Å². The summed E-state index contributed by atoms with van der Waals surface area (Å²) in [5, 5.41) is 4.22. The number of nitrogens with one attached hydrogen (secondary N) is 1. The van der Waals surface area contributed by atoms with Crippen LogP contribution in [0.1, 0.15) is 23.6 Å². The highest BCUT2D eigenvalue weighted by Crippen LogP contribution is 2.38. The van der Waals surface area contributed by atoms with E-state index in [4.69, 9.17) is 25.8 Å². The molecule has 1 atom stereocenters. The largest absolute Gasteiger partial charge is 0.489 e. The normalized spacial score (nSPS) is 18.5. The summed E-state index contributed by atoms with van der Waals surface area (Å²) >= 11 is 6.42. The van der Waals surface area contributed by atoms with Crippen molar-refractivity contribution in [3.63, 3.8) is 0 Å². The summed E-state index contributed by atoms with van der Waals surface area (Å²) in [5.74, 6) is 1.41. The summed E-state index contributed by atoms with van der Waals surface area (Å²) in [4.78, 5) is 2.49. The Morgan fingerprint density at radius 3 is 2.61 bits per heavy atom. The zero-order valence-electron chi connectivity index (χ0n) is 16.0. The minimum Gasteiger partial charge on any atom is -0.489 e. The van der Waals surface area contributed by atoms with Gasteiger partial charge in [0, 0.05) is 38.6 Å². The quantitative estimate of drug-likeness (QED) is 0.798. The fourth-order valence-electron chi connectivity index (χ4n) is 3.76. The number of ether oxygens (including phenoxy) is 3. The van der Waals surface area contributed by atoms with E-state index >= 15 is 0 Å². The first kappa shape index (κ1) is 19.5. The predicted octanol–water partition coefficient (Wildman–Crippen LogP) is 3.66. The number of morpholine rings is 1. The molecule has 0 radical (unpaired) electrons. The minimum absolute atomic E-state index is 0.320. The predicted molar refractivity (Wildman–Crippen MR) is 110 cm³/mol. The Hall–Kier alpha value is -1.79. The van der Waals surface area contributed by atoms with E-state index in [0.717, 1.165) is 57.1 Å². The lowest BCUT2D eigenvalue weighted by Crippen LogP contribution is -2.42. The summed E-state index contributed by atoms with van der Waals surface area (Å²) in [5.41, 5.74) is 2.43. The molecule has 2 heterocycles. The third kappa shape index (κ3) is 4.78. The first-order valence-electron chi connectivity index (χ1n) is 9.97. The fourth-order valence-corrected chi connectivity index (χ4v) is 4.05. The average Bonchev–Trinajstić information content (AvgIpc) is 2.98. The van der Waals surface area contributed by atoms with Crippen molar-refractivity contribution in [3.05, 3.63) is 58.6 Å². The van der Waals surface area contributed by atoms with E-state index in [1.807, 2.05) is 12.1 Å². The summed E-state index contributed by atoms with van der Waals surface area (Å²) in [7, 11) is 0. The van der Waals surface area contributed by atoms with Gasteiger partial charge in [0.25, 0.3) is 0 Å². The molecule has 2 aromatic carbocycles. The monoisotopic (exact) mass is 402 g/mol. The second-order valence-corrected chi connectivity index (χ2v) is 7.57. The first-order chi connectivity index (χ1) is 13.8. The maximum atomic E-state index is 6.42. The van der Waals surface area contributed by atoms with Gasteiger partial charge in [0.2, 0.25) is 0 Å². The molecule has 0 saturated carbocycles. The third-order valence-electron chi connectivity index (χ3n) is 5.20. The van der Waals surface area contributed by atoms with Gasteiger partial charge in [0.1, 0.15) is 0 Å². The van der Waals surface area contributed by atoms with Gasteiger partial charge in [0.05, 0.1) is 31.5 Å². The van der Waals surface area contributed by atoms with Crippen LogP contribution in [-0.4, -0.2) is 51.0 Å². The maximum absolute atomic E-state index is 6.42. The molecule has 0 aliphatic carbocycles. The second-order valence-electron chi connectivity index (χ2n) is 7.16. The smallest absolute Gasteiger partial charge is 0.179 e. The SMILES string of the molecule is Clc1cc(CNC[C@@H](c2ccccc2)N2CCOCC2)cc2c1OCCCO2. The Bertz CT molecular complexity index is 766. The van der Waals surface area contributed by atoms with Crippen LogP contribution in [0.3, 0.4) is 0 Å². The lowest BCUT2D eigenvalue weighted by molar-refractivity contribution is 0.0161. The molecule has 6 heteroatoms. The molecular weight excluding hydrogens is 376 g/mol.